The molecule has 10 atom stereocenters. The van der Waals surface area contributed by atoms with E-state index in [0.29, 0.717) is 29.1 Å². The van der Waals surface area contributed by atoms with E-state index in [1.807, 2.05) is 0 Å². The molecule has 0 amide bonds. The minimum Gasteiger partial charge on any atom is -0.388 e. The van der Waals surface area contributed by atoms with Crippen molar-refractivity contribution in [3.05, 3.63) is 11.1 Å². The number of ketones is 2. The summed E-state index contributed by atoms with van der Waals surface area (Å²) in [5.74, 6) is 3.32. The van der Waals surface area contributed by atoms with Crippen molar-refractivity contribution in [3.8, 4) is 0 Å². The van der Waals surface area contributed by atoms with Crippen LogP contribution in [0, 0.1) is 57.7 Å². The van der Waals surface area contributed by atoms with Gasteiger partial charge >= 0.3 is 0 Å². The molecule has 0 heterocycles. The molecule has 0 aromatic rings. The van der Waals surface area contributed by atoms with Crippen LogP contribution in [-0.4, -0.2) is 22.8 Å². The lowest BCUT2D eigenvalue weighted by molar-refractivity contribution is -0.207. The summed E-state index contributed by atoms with van der Waals surface area (Å²) >= 11 is 0. The molecule has 0 aromatic carbocycles. The Morgan fingerprint density at radius 3 is 2.32 bits per heavy atom. The van der Waals surface area contributed by atoms with Gasteiger partial charge in [0.1, 0.15) is 5.78 Å². The molecule has 0 saturated heterocycles. The summed E-state index contributed by atoms with van der Waals surface area (Å²) in [5.41, 5.74) is 1.06. The van der Waals surface area contributed by atoms with Gasteiger partial charge in [-0.15, -0.1) is 0 Å². The van der Waals surface area contributed by atoms with E-state index in [0.717, 1.165) is 24.3 Å². The number of carbonyl (C=O) groups is 2. The van der Waals surface area contributed by atoms with Crippen molar-refractivity contribution >= 4 is 11.6 Å². The predicted octanol–water partition coefficient (Wildman–Crippen LogP) is 7.94. The van der Waals surface area contributed by atoms with Crippen LogP contribution >= 0.6 is 0 Å². The summed E-state index contributed by atoms with van der Waals surface area (Å²) in [6, 6.07) is 0. The van der Waals surface area contributed by atoms with E-state index in [9.17, 15) is 14.7 Å². The maximum Gasteiger partial charge on any atom is 0.158 e. The van der Waals surface area contributed by atoms with Crippen molar-refractivity contribution in [2.75, 3.05) is 0 Å². The summed E-state index contributed by atoms with van der Waals surface area (Å²) in [6.07, 6.45) is 14.5. The average Bonchev–Trinajstić information content (AvgIpc) is 2.81. The highest BCUT2D eigenvalue weighted by atomic mass is 16.3. The molecule has 5 aliphatic carbocycles. The minimum atomic E-state index is -0.791. The Balaban J connectivity index is 1.47. The van der Waals surface area contributed by atoms with Crippen molar-refractivity contribution < 1.29 is 14.7 Å². The normalized spacial score (nSPS) is 48.8. The fourth-order valence-corrected chi connectivity index (χ4v) is 11.4. The van der Waals surface area contributed by atoms with Crippen LogP contribution in [0.1, 0.15) is 126 Å². The van der Waals surface area contributed by atoms with E-state index in [1.165, 1.54) is 64.2 Å². The summed E-state index contributed by atoms with van der Waals surface area (Å²) in [6.45, 7) is 15.2. The maximum absolute atomic E-state index is 14.6. The lowest BCUT2D eigenvalue weighted by atomic mass is 9.35. The number of rotatable bonds is 4. The molecule has 4 saturated carbocycles. The zero-order valence-corrected chi connectivity index (χ0v) is 24.9. The van der Waals surface area contributed by atoms with Gasteiger partial charge in [0.2, 0.25) is 0 Å². The predicted molar refractivity (Wildman–Crippen MR) is 150 cm³/mol. The van der Waals surface area contributed by atoms with Gasteiger partial charge < -0.3 is 5.11 Å². The zero-order valence-electron chi connectivity index (χ0n) is 24.9. The fraction of sp³-hybridized carbons (Fsp3) is 0.882. The molecule has 1 N–H and O–H groups in total. The maximum atomic E-state index is 14.6. The number of allylic oxidation sites excluding steroid dienone is 1. The zero-order chi connectivity index (χ0) is 26.9. The molecule has 4 fully saturated rings. The van der Waals surface area contributed by atoms with Gasteiger partial charge in [-0.2, -0.15) is 0 Å². The number of Topliss-reactive ketones (excluding diaryl/α,β-unsaturated/α-hetero) is 2. The molecule has 0 bridgehead atoms. The highest BCUT2D eigenvalue weighted by Crippen LogP contribution is 2.71. The number of aliphatic hydroxyl groups is 1. The van der Waals surface area contributed by atoms with Gasteiger partial charge in [0.15, 0.2) is 5.78 Å². The lowest BCUT2D eigenvalue weighted by Crippen LogP contribution is -2.67. The molecule has 5 aliphatic rings. The average molecular weight is 511 g/mol. The van der Waals surface area contributed by atoms with Gasteiger partial charge in [-0.25, -0.2) is 0 Å². The number of aliphatic hydroxyl groups excluding tert-OH is 1. The molecule has 3 nitrogen and oxygen atoms in total. The Morgan fingerprint density at radius 2 is 1.68 bits per heavy atom. The molecule has 5 rings (SSSR count). The first-order valence-corrected chi connectivity index (χ1v) is 15.8. The Labute approximate surface area is 226 Å². The molecule has 0 aromatic heterocycles. The Kier molecular flexibility index (Phi) is 7.16. The minimum absolute atomic E-state index is 0.00875. The molecule has 0 aliphatic heterocycles. The number of carbonyl (C=O) groups excluding carboxylic acids is 2. The van der Waals surface area contributed by atoms with Crippen LogP contribution in [0.4, 0.5) is 0 Å². The Hall–Kier alpha value is -0.960. The molecule has 0 spiro atoms. The van der Waals surface area contributed by atoms with E-state index in [1.54, 1.807) is 6.92 Å². The van der Waals surface area contributed by atoms with E-state index >= 15 is 0 Å². The Bertz CT molecular complexity index is 958. The summed E-state index contributed by atoms with van der Waals surface area (Å²) in [4.78, 5) is 27.2. The van der Waals surface area contributed by atoms with Gasteiger partial charge in [-0.1, -0.05) is 78.7 Å². The molecular weight excluding hydrogens is 456 g/mol. The number of hydrogen-bond acceptors (Lipinski definition) is 3. The third kappa shape index (κ3) is 4.15. The van der Waals surface area contributed by atoms with Crippen LogP contribution in [0.15, 0.2) is 11.1 Å². The quantitative estimate of drug-likeness (QED) is 0.417. The first kappa shape index (κ1) is 27.6. The summed E-state index contributed by atoms with van der Waals surface area (Å²) < 4.78 is 0. The van der Waals surface area contributed by atoms with Crippen molar-refractivity contribution in [3.63, 3.8) is 0 Å². The van der Waals surface area contributed by atoms with E-state index < -0.39 is 11.5 Å². The highest BCUT2D eigenvalue weighted by Gasteiger charge is 2.69. The summed E-state index contributed by atoms with van der Waals surface area (Å²) in [7, 11) is 0. The Morgan fingerprint density at radius 1 is 1.00 bits per heavy atom. The first-order chi connectivity index (χ1) is 17.3. The van der Waals surface area contributed by atoms with Gasteiger partial charge in [0, 0.05) is 22.8 Å². The van der Waals surface area contributed by atoms with Crippen molar-refractivity contribution in [2.24, 2.45) is 57.7 Å². The summed E-state index contributed by atoms with van der Waals surface area (Å²) in [5, 5.41) is 11.8. The monoisotopic (exact) mass is 510 g/mol. The topological polar surface area (TPSA) is 54.4 Å². The molecule has 10 unspecified atom stereocenters. The van der Waals surface area contributed by atoms with Gasteiger partial charge in [0.25, 0.3) is 0 Å². The van der Waals surface area contributed by atoms with Crippen LogP contribution < -0.4 is 0 Å². The fourth-order valence-electron chi connectivity index (χ4n) is 11.4. The number of hydrogen-bond donors (Lipinski definition) is 1. The van der Waals surface area contributed by atoms with Crippen LogP contribution in [0.5, 0.6) is 0 Å². The third-order valence-corrected chi connectivity index (χ3v) is 13.3. The molecule has 208 valence electrons. The molecular formula is C34H54O3. The smallest absolute Gasteiger partial charge is 0.158 e. The second kappa shape index (κ2) is 9.60. The number of fused-ring (bicyclic) bond motifs is 3. The SMILES string of the molecule is CC(=O)C1=C(C)CC2(C)CC3(C)CC4C(CCC5CCCCC5)CCC(C)C4C(=O)C3C(C)C2(C)C1O. The largest absolute Gasteiger partial charge is 0.388 e. The second-order valence-electron chi connectivity index (χ2n) is 15.5. The van der Waals surface area contributed by atoms with Gasteiger partial charge in [0.05, 0.1) is 6.10 Å². The van der Waals surface area contributed by atoms with Crippen LogP contribution in [0.3, 0.4) is 0 Å². The van der Waals surface area contributed by atoms with Crippen LogP contribution in [-0.2, 0) is 9.59 Å². The second-order valence-corrected chi connectivity index (χ2v) is 15.5. The van der Waals surface area contributed by atoms with Crippen molar-refractivity contribution in [1.82, 2.24) is 0 Å². The first-order valence-electron chi connectivity index (χ1n) is 15.8. The molecule has 0 radical (unpaired) electrons. The molecule has 37 heavy (non-hydrogen) atoms. The van der Waals surface area contributed by atoms with E-state index in [4.69, 9.17) is 0 Å². The highest BCUT2D eigenvalue weighted by molar-refractivity contribution is 5.95. The van der Waals surface area contributed by atoms with Crippen molar-refractivity contribution in [2.45, 2.75) is 132 Å². The molecule has 3 heteroatoms. The van der Waals surface area contributed by atoms with E-state index in [2.05, 4.69) is 41.5 Å². The van der Waals surface area contributed by atoms with E-state index in [-0.39, 0.29) is 34.4 Å². The van der Waals surface area contributed by atoms with Gasteiger partial charge in [-0.05, 0) is 92.8 Å². The lowest BCUT2D eigenvalue weighted by Gasteiger charge is -2.68. The van der Waals surface area contributed by atoms with Crippen LogP contribution in [0.25, 0.3) is 0 Å². The third-order valence-electron chi connectivity index (χ3n) is 13.3. The van der Waals surface area contributed by atoms with Crippen LogP contribution in [0.2, 0.25) is 0 Å². The van der Waals surface area contributed by atoms with Gasteiger partial charge in [-0.3, -0.25) is 9.59 Å². The standard InChI is InChI=1S/C34H54O3/c1-20-13-15-25(16-14-24-11-9-8-10-12-24)26-18-32(5)19-33(6)17-21(2)27(23(4)35)31(37)34(33,7)22(3)29(32)30(36)28(20)26/h20,22,24-26,28-29,31,37H,8-19H2,1-7H3. The van der Waals surface area contributed by atoms with Crippen molar-refractivity contribution in [1.29, 1.82) is 0 Å².